The largest absolute Gasteiger partial charge is 0.519 e. The first-order valence-electron chi connectivity index (χ1n) is 45.6. The molecule has 782 valence electrons. The lowest BCUT2D eigenvalue weighted by Gasteiger charge is -2.28. The van der Waals surface area contributed by atoms with Crippen LogP contribution in [0.25, 0.3) is 0 Å². The Hall–Kier alpha value is -15.1. The van der Waals surface area contributed by atoms with Gasteiger partial charge < -0.3 is 106 Å². The summed E-state index contributed by atoms with van der Waals surface area (Å²) < 4.78 is 56.6. The molecule has 46 nitrogen and oxygen atoms in total. The van der Waals surface area contributed by atoms with Crippen LogP contribution < -0.4 is 67.4 Å². The third kappa shape index (κ3) is 52.1. The van der Waals surface area contributed by atoms with Crippen LogP contribution in [0.5, 0.6) is 17.2 Å². The standard InChI is InChI=1S/C44H63N7O14.C37H60N6O10.C13H8N2O7.CH3F/c1-27(2)37(49-39(56)32(22-23-36(54)64-43(3,4)5)47-34(52)12-11-13-35(53)50(9)10)40(57)48-33(24-25-45-41(58)65-44(6,7)8)38(55)46-29-16-14-28(15-17-29)26-62-42(59)63-31-20-18-30(19-21-31)51(60)61;1-23(2)31(42-33(49)26(18-19-30(47)52-36(3,4)5)40-28(45)12-11-13-29(46)43(9)10)34(50)41-27(20-21-38-35(51)53-37(6,7)8)32(48)39-25-16-14-24(22-44)15-17-25;16-13(21-11-5-1-9(2-6-11)14(17)18)22-12-7-3-10(4-8-12)15(19)20;1-2/h14-21,27,32-33,37H,11-13,22-26H2,1-10H3,(H,45,58)(H,46,55)(H,47,52)(H,48,57)(H,49,56);14-17,23,26-27,31,44H,11-13,18-22H2,1-10H3,(H,38,51)(H,39,48)(H,40,45)(H,41,50)(H,42,49);1-8H;1H3/t32-,33-,37-;26-,27-,31-;;/m00../s1/i;;;1D. The number of nitrogens with zero attached hydrogens (tertiary/aromatic N) is 5. The number of anilines is 2. The number of esters is 2. The molecule has 0 aliphatic heterocycles. The lowest BCUT2D eigenvalue weighted by molar-refractivity contribution is -0.385. The molecule has 0 fully saturated rings. The molecule has 0 aromatic heterocycles. The number of non-ortho nitro benzene ring substituents is 3. The SMILES string of the molecule is CC(C)[C@H](NC(=O)[C@H](CCC(=O)OC(C)(C)C)NC(=O)CCCC(=O)N(C)C)C(=O)N[C@@H](CCNC(=O)OC(C)(C)C)C(=O)Nc1ccc(CO)cc1.CC(C)[C@H](NC(=O)[C@H](CCC(=O)OC(C)(C)C)NC(=O)CCCC(=O)N(C)C)C(=O)N[C@@H](CCNC(=O)OC(C)(C)C)C(=O)Nc1ccc(COC(=O)Oc2ccc([N+](=O)[O-])cc2)cc1.O=C(Oc1ccc([N+](=O)[O-])cc1)Oc1ccc([N+](=O)[O-])cc1.[2H]CF. The first-order chi connectivity index (χ1) is 66.6. The quantitative estimate of drug-likeness (QED) is 0.00567. The minimum atomic E-state index is -1.28. The summed E-state index contributed by atoms with van der Waals surface area (Å²) in [6.07, 6.45) is -4.00. The molecule has 142 heavy (non-hydrogen) atoms. The van der Waals surface area contributed by atoms with E-state index in [1.807, 2.05) is 0 Å². The first-order valence-corrected chi connectivity index (χ1v) is 44.9. The van der Waals surface area contributed by atoms with Gasteiger partial charge in [0.25, 0.3) is 17.1 Å². The Bertz CT molecular complexity index is 5000. The maximum absolute atomic E-state index is 13.9. The molecule has 11 N–H and O–H groups in total. The van der Waals surface area contributed by atoms with Crippen LogP contribution in [-0.2, 0) is 94.4 Å². The van der Waals surface area contributed by atoms with E-state index in [1.54, 1.807) is 175 Å². The van der Waals surface area contributed by atoms with Gasteiger partial charge in [0.2, 0.25) is 59.1 Å². The molecule has 0 radical (unpaired) electrons. The van der Waals surface area contributed by atoms with E-state index in [9.17, 15) is 117 Å². The van der Waals surface area contributed by atoms with Gasteiger partial charge in [0.1, 0.15) is 82.5 Å². The van der Waals surface area contributed by atoms with Crippen LogP contribution in [0.15, 0.2) is 121 Å². The summed E-state index contributed by atoms with van der Waals surface area (Å²) in [5.41, 5.74) is -1.79. The van der Waals surface area contributed by atoms with Crippen molar-refractivity contribution >= 4 is 124 Å². The van der Waals surface area contributed by atoms with Crippen molar-refractivity contribution in [3.8, 4) is 17.2 Å². The fourth-order valence-corrected chi connectivity index (χ4v) is 11.8. The third-order valence-electron chi connectivity index (χ3n) is 18.7. The molecule has 0 bridgehead atoms. The van der Waals surface area contributed by atoms with E-state index in [4.69, 9.17) is 39.3 Å². The number of aliphatic hydroxyl groups is 1. The Morgan fingerprint density at radius 3 is 0.965 bits per heavy atom. The van der Waals surface area contributed by atoms with Crippen LogP contribution in [-0.4, -0.2) is 232 Å². The van der Waals surface area contributed by atoms with Gasteiger partial charge >= 0.3 is 36.4 Å². The molecule has 0 heterocycles. The fourth-order valence-electron chi connectivity index (χ4n) is 11.8. The molecule has 47 heteroatoms. The average molecular weight is 2000 g/mol. The lowest BCUT2D eigenvalue weighted by atomic mass is 10.0. The highest BCUT2D eigenvalue weighted by molar-refractivity contribution is 6.01. The monoisotopic (exact) mass is 2000 g/mol. The molecule has 0 spiro atoms. The fraction of sp³-hybridized carbons (Fsp3) is 0.516. The first kappa shape index (κ1) is 121. The van der Waals surface area contributed by atoms with E-state index in [0.717, 1.165) is 0 Å². The van der Waals surface area contributed by atoms with Crippen LogP contribution in [0.1, 0.15) is 200 Å². The van der Waals surface area contributed by atoms with E-state index in [-0.39, 0.29) is 155 Å². The maximum atomic E-state index is 13.9. The van der Waals surface area contributed by atoms with Crippen LogP contribution in [0, 0.1) is 42.2 Å². The van der Waals surface area contributed by atoms with E-state index in [2.05, 4.69) is 53.2 Å². The molecule has 5 aromatic carbocycles. The minimum Gasteiger partial charge on any atom is -0.460 e. The highest BCUT2D eigenvalue weighted by Crippen LogP contribution is 2.25. The van der Waals surface area contributed by atoms with Crippen LogP contribution in [0.2, 0.25) is 0 Å². The van der Waals surface area contributed by atoms with Gasteiger partial charge in [-0.2, -0.15) is 0 Å². The molecule has 0 unspecified atom stereocenters. The van der Waals surface area contributed by atoms with Gasteiger partial charge in [0, 0.05) is 128 Å². The highest BCUT2D eigenvalue weighted by atomic mass is 19.1. The van der Waals surface area contributed by atoms with E-state index in [0.29, 0.717) is 16.8 Å². The van der Waals surface area contributed by atoms with Crippen LogP contribution in [0.4, 0.5) is 52.0 Å². The number of hydrogen-bond donors (Lipinski definition) is 11. The van der Waals surface area contributed by atoms with E-state index < -0.39 is 176 Å². The minimum absolute atomic E-state index is 0.0363. The van der Waals surface area contributed by atoms with Crippen molar-refractivity contribution in [3.05, 3.63) is 163 Å². The summed E-state index contributed by atoms with van der Waals surface area (Å²) in [7, 11) is 5.39. The molecule has 5 aromatic rings. The summed E-state index contributed by atoms with van der Waals surface area (Å²) in [6, 6.07) is 19.7. The Morgan fingerprint density at radius 2 is 0.683 bits per heavy atom. The summed E-state index contributed by atoms with van der Waals surface area (Å²) in [5, 5.41) is 67.6. The number of ether oxygens (including phenoxy) is 8. The number of alkyl carbamates (subject to hydrolysis) is 2. The van der Waals surface area contributed by atoms with E-state index in [1.165, 1.54) is 94.7 Å². The molecule has 12 amide bonds. The van der Waals surface area contributed by atoms with Crippen LogP contribution in [0.3, 0.4) is 0 Å². The molecular weight excluding hydrogens is 1870 g/mol. The Morgan fingerprint density at radius 1 is 0.387 bits per heavy atom. The second-order valence-corrected chi connectivity index (χ2v) is 36.7. The Balaban J connectivity index is 0.000000787. The van der Waals surface area contributed by atoms with Gasteiger partial charge in [-0.3, -0.25) is 92.3 Å². The zero-order chi connectivity index (χ0) is 108. The summed E-state index contributed by atoms with van der Waals surface area (Å²) in [6.45, 7) is 26.4. The molecular formula is C95H134FN15O31. The number of benzene rings is 5. The average Bonchev–Trinajstić information content (AvgIpc) is 0.853. The summed E-state index contributed by atoms with van der Waals surface area (Å²) in [4.78, 5) is 238. The molecule has 0 aliphatic carbocycles. The number of rotatable bonds is 45. The number of alkyl halides is 1. The zero-order valence-corrected chi connectivity index (χ0v) is 83.5. The number of aliphatic hydroxyl groups excluding tert-OH is 1. The van der Waals surface area contributed by atoms with Crippen LogP contribution >= 0.6 is 0 Å². The number of halogens is 1. The zero-order valence-electron chi connectivity index (χ0n) is 84.5. The Labute approximate surface area is 823 Å². The number of hydrogen-bond acceptors (Lipinski definition) is 31. The molecule has 0 saturated heterocycles. The van der Waals surface area contributed by atoms with Gasteiger partial charge in [-0.25, -0.2) is 19.2 Å². The number of carbonyl (C=O) groups is 16. The van der Waals surface area contributed by atoms with Gasteiger partial charge in [0.15, 0.2) is 0 Å². The molecule has 6 atom stereocenters. The van der Waals surface area contributed by atoms with Crippen molar-refractivity contribution in [1.29, 1.82) is 0 Å². The maximum Gasteiger partial charge on any atom is 0.519 e. The van der Waals surface area contributed by atoms with Crippen molar-refractivity contribution in [2.75, 3.05) is 59.1 Å². The van der Waals surface area contributed by atoms with Crippen molar-refractivity contribution in [2.24, 2.45) is 11.8 Å². The number of nitrogens with one attached hydrogen (secondary N) is 10. The van der Waals surface area contributed by atoms with Gasteiger partial charge in [0.05, 0.1) is 29.9 Å². The predicted octanol–water partition coefficient (Wildman–Crippen LogP) is 10.8. The predicted molar refractivity (Wildman–Crippen MR) is 514 cm³/mol. The number of carbonyl (C=O) groups excluding carboxylic acids is 16. The number of nitro groups is 3. The molecule has 5 rings (SSSR count). The summed E-state index contributed by atoms with van der Waals surface area (Å²) >= 11 is 0. The normalized spacial score (nSPS) is 12.3. The van der Waals surface area contributed by atoms with Crippen molar-refractivity contribution < 1.29 is 140 Å². The number of amides is 12. The second-order valence-electron chi connectivity index (χ2n) is 36.7. The van der Waals surface area contributed by atoms with Crippen molar-refractivity contribution in [3.63, 3.8) is 0 Å². The smallest absolute Gasteiger partial charge is 0.460 e. The highest BCUT2D eigenvalue weighted by Gasteiger charge is 2.36. The van der Waals surface area contributed by atoms with Gasteiger partial charge in [-0.05, 0) is 205 Å². The van der Waals surface area contributed by atoms with Crippen molar-refractivity contribution in [1.82, 2.24) is 52.3 Å². The van der Waals surface area contributed by atoms with Gasteiger partial charge in [-0.15, -0.1) is 0 Å². The van der Waals surface area contributed by atoms with Crippen molar-refractivity contribution in [2.45, 2.75) is 260 Å². The lowest BCUT2D eigenvalue weighted by Crippen LogP contribution is -2.58. The second kappa shape index (κ2) is 60.7. The molecule has 0 saturated carbocycles. The topological polar surface area (TPSA) is 623 Å². The Kier molecular flexibility index (Phi) is 51.7. The summed E-state index contributed by atoms with van der Waals surface area (Å²) in [5.74, 6) is -7.77. The van der Waals surface area contributed by atoms with E-state index >= 15 is 0 Å². The number of nitro benzene ring substituents is 3. The molecule has 0 aliphatic rings. The van der Waals surface area contributed by atoms with Gasteiger partial charge in [-0.1, -0.05) is 52.0 Å². The third-order valence-corrected chi connectivity index (χ3v) is 18.7.